The van der Waals surface area contributed by atoms with Crippen LogP contribution >= 0.6 is 0 Å². The Morgan fingerprint density at radius 1 is 1.17 bits per heavy atom. The van der Waals surface area contributed by atoms with Gasteiger partial charge in [-0.25, -0.2) is 0 Å². The Hall–Kier alpha value is -1.02. The Kier molecular flexibility index (Phi) is 3.29. The van der Waals surface area contributed by atoms with Crippen molar-refractivity contribution < 1.29 is 0 Å². The fraction of sp³-hybridized carbons (Fsp3) is 0.625. The monoisotopic (exact) mass is 244 g/mol. The van der Waals surface area contributed by atoms with E-state index in [4.69, 9.17) is 5.73 Å². The van der Waals surface area contributed by atoms with E-state index in [1.165, 1.54) is 50.8 Å². The van der Waals surface area contributed by atoms with Crippen LogP contribution in [0.15, 0.2) is 18.2 Å². The fourth-order valence-electron chi connectivity index (χ4n) is 3.53. The second-order valence-corrected chi connectivity index (χ2v) is 6.08. The van der Waals surface area contributed by atoms with Crippen LogP contribution in [0, 0.1) is 5.92 Å². The molecule has 0 spiro atoms. The fourth-order valence-corrected chi connectivity index (χ4v) is 3.53. The molecule has 0 aromatic heterocycles. The lowest BCUT2D eigenvalue weighted by molar-refractivity contribution is 0.125. The maximum absolute atomic E-state index is 5.91. The molecular weight excluding hydrogens is 220 g/mol. The van der Waals surface area contributed by atoms with E-state index in [2.05, 4.69) is 30.0 Å². The smallest absolute Gasteiger partial charge is 0.0350 e. The second-order valence-electron chi connectivity index (χ2n) is 6.08. The number of piperidine rings is 1. The number of hydrogen-bond acceptors (Lipinski definition) is 2. The van der Waals surface area contributed by atoms with Crippen molar-refractivity contribution in [3.8, 4) is 0 Å². The summed E-state index contributed by atoms with van der Waals surface area (Å²) in [5.74, 6) is 0.913. The van der Waals surface area contributed by atoms with E-state index in [-0.39, 0.29) is 0 Å². The third-order valence-corrected chi connectivity index (χ3v) is 4.71. The van der Waals surface area contributed by atoms with Crippen LogP contribution in [0.2, 0.25) is 0 Å². The summed E-state index contributed by atoms with van der Waals surface area (Å²) in [6.45, 7) is 4.93. The first-order valence-corrected chi connectivity index (χ1v) is 7.36. The van der Waals surface area contributed by atoms with Crippen LogP contribution in [0.5, 0.6) is 0 Å². The zero-order valence-electron chi connectivity index (χ0n) is 11.4. The van der Waals surface area contributed by atoms with E-state index < -0.39 is 0 Å². The van der Waals surface area contributed by atoms with Crippen molar-refractivity contribution in [1.29, 1.82) is 0 Å². The molecule has 1 heterocycles. The SMILES string of the molecule is CC1CCN(C2CCCc3cc(N)ccc32)CC1. The first kappa shape index (κ1) is 12.0. The molecule has 18 heavy (non-hydrogen) atoms. The number of benzene rings is 1. The van der Waals surface area contributed by atoms with Crippen LogP contribution in [0.4, 0.5) is 5.69 Å². The van der Waals surface area contributed by atoms with E-state index in [1.807, 2.05) is 0 Å². The normalized spacial score (nSPS) is 25.9. The molecule has 1 aromatic carbocycles. The van der Waals surface area contributed by atoms with Crippen LogP contribution in [0.25, 0.3) is 0 Å². The first-order chi connectivity index (χ1) is 8.74. The zero-order valence-corrected chi connectivity index (χ0v) is 11.4. The molecule has 98 valence electrons. The summed E-state index contributed by atoms with van der Waals surface area (Å²) in [5, 5.41) is 0. The number of rotatable bonds is 1. The van der Waals surface area contributed by atoms with E-state index in [0.717, 1.165) is 11.6 Å². The molecule has 1 aromatic rings. The molecule has 1 aliphatic heterocycles. The van der Waals surface area contributed by atoms with E-state index in [9.17, 15) is 0 Å². The van der Waals surface area contributed by atoms with Crippen LogP contribution in [0.3, 0.4) is 0 Å². The van der Waals surface area contributed by atoms with Crippen molar-refractivity contribution in [2.75, 3.05) is 18.8 Å². The molecule has 1 atom stereocenters. The van der Waals surface area contributed by atoms with Crippen molar-refractivity contribution in [2.24, 2.45) is 5.92 Å². The van der Waals surface area contributed by atoms with Gasteiger partial charge in [-0.2, -0.15) is 0 Å². The lowest BCUT2D eigenvalue weighted by atomic mass is 9.85. The Bertz CT molecular complexity index is 419. The average Bonchev–Trinajstić information content (AvgIpc) is 2.38. The zero-order chi connectivity index (χ0) is 12.5. The van der Waals surface area contributed by atoms with Gasteiger partial charge in [0.15, 0.2) is 0 Å². The minimum atomic E-state index is 0.654. The maximum atomic E-state index is 5.91. The van der Waals surface area contributed by atoms with E-state index in [0.29, 0.717) is 6.04 Å². The third-order valence-electron chi connectivity index (χ3n) is 4.71. The summed E-state index contributed by atoms with van der Waals surface area (Å²) in [7, 11) is 0. The molecule has 3 rings (SSSR count). The maximum Gasteiger partial charge on any atom is 0.0350 e. The summed E-state index contributed by atoms with van der Waals surface area (Å²) in [6, 6.07) is 7.19. The number of likely N-dealkylation sites (tertiary alicyclic amines) is 1. The van der Waals surface area contributed by atoms with Gasteiger partial charge in [0.25, 0.3) is 0 Å². The third kappa shape index (κ3) is 2.26. The number of hydrogen-bond donors (Lipinski definition) is 1. The van der Waals surface area contributed by atoms with Gasteiger partial charge in [0.05, 0.1) is 0 Å². The topological polar surface area (TPSA) is 29.3 Å². The first-order valence-electron chi connectivity index (χ1n) is 7.36. The van der Waals surface area contributed by atoms with E-state index in [1.54, 1.807) is 5.56 Å². The molecule has 1 aliphatic carbocycles. The van der Waals surface area contributed by atoms with Crippen LogP contribution < -0.4 is 5.73 Å². The van der Waals surface area contributed by atoms with Gasteiger partial charge in [0, 0.05) is 11.7 Å². The molecule has 2 heteroatoms. The van der Waals surface area contributed by atoms with Gasteiger partial charge in [-0.3, -0.25) is 4.90 Å². The highest BCUT2D eigenvalue weighted by atomic mass is 15.2. The molecule has 2 aliphatic rings. The van der Waals surface area contributed by atoms with Gasteiger partial charge >= 0.3 is 0 Å². The summed E-state index contributed by atoms with van der Waals surface area (Å²) < 4.78 is 0. The van der Waals surface area contributed by atoms with Crippen LogP contribution in [-0.4, -0.2) is 18.0 Å². The molecule has 0 amide bonds. The predicted octanol–water partition coefficient (Wildman–Crippen LogP) is 3.38. The molecule has 0 radical (unpaired) electrons. The average molecular weight is 244 g/mol. The molecule has 0 bridgehead atoms. The number of aryl methyl sites for hydroxylation is 1. The standard InChI is InChI=1S/C16H24N2/c1-12-7-9-18(10-8-12)16-4-2-3-13-11-14(17)5-6-15(13)16/h5-6,11-12,16H,2-4,7-10,17H2,1H3. The number of nitrogen functional groups attached to an aromatic ring is 1. The Morgan fingerprint density at radius 3 is 2.72 bits per heavy atom. The summed E-state index contributed by atoms with van der Waals surface area (Å²) in [5.41, 5.74) is 9.87. The van der Waals surface area contributed by atoms with E-state index >= 15 is 0 Å². The van der Waals surface area contributed by atoms with Gasteiger partial charge < -0.3 is 5.73 Å². The Labute approximate surface area is 110 Å². The minimum absolute atomic E-state index is 0.654. The lowest BCUT2D eigenvalue weighted by Gasteiger charge is -2.39. The summed E-state index contributed by atoms with van der Waals surface area (Å²) in [6.07, 6.45) is 6.57. The number of anilines is 1. The van der Waals surface area contributed by atoms with Gasteiger partial charge in [-0.15, -0.1) is 0 Å². The molecule has 2 nitrogen and oxygen atoms in total. The van der Waals surface area contributed by atoms with Crippen molar-refractivity contribution in [3.05, 3.63) is 29.3 Å². The molecule has 1 unspecified atom stereocenters. The van der Waals surface area contributed by atoms with Gasteiger partial charge in [0.1, 0.15) is 0 Å². The van der Waals surface area contributed by atoms with Crippen LogP contribution in [-0.2, 0) is 6.42 Å². The summed E-state index contributed by atoms with van der Waals surface area (Å²) in [4.78, 5) is 2.70. The van der Waals surface area contributed by atoms with Crippen molar-refractivity contribution >= 4 is 5.69 Å². The highest BCUT2D eigenvalue weighted by Crippen LogP contribution is 2.37. The number of fused-ring (bicyclic) bond motifs is 1. The number of nitrogens with two attached hydrogens (primary N) is 1. The van der Waals surface area contributed by atoms with Crippen molar-refractivity contribution in [2.45, 2.75) is 45.1 Å². The molecule has 0 saturated carbocycles. The van der Waals surface area contributed by atoms with Crippen molar-refractivity contribution in [1.82, 2.24) is 4.90 Å². The number of nitrogens with zero attached hydrogens (tertiary/aromatic N) is 1. The lowest BCUT2D eigenvalue weighted by Crippen LogP contribution is -2.37. The molecule has 1 saturated heterocycles. The second kappa shape index (κ2) is 4.93. The van der Waals surface area contributed by atoms with Gasteiger partial charge in [-0.05, 0) is 74.4 Å². The summed E-state index contributed by atoms with van der Waals surface area (Å²) >= 11 is 0. The van der Waals surface area contributed by atoms with Crippen LogP contribution in [0.1, 0.15) is 49.8 Å². The highest BCUT2D eigenvalue weighted by molar-refractivity contribution is 5.46. The minimum Gasteiger partial charge on any atom is -0.399 e. The van der Waals surface area contributed by atoms with Gasteiger partial charge in [0.2, 0.25) is 0 Å². The molecule has 2 N–H and O–H groups in total. The highest BCUT2D eigenvalue weighted by Gasteiger charge is 2.28. The Morgan fingerprint density at radius 2 is 1.94 bits per heavy atom. The molecule has 1 fully saturated rings. The quantitative estimate of drug-likeness (QED) is 0.767. The predicted molar refractivity (Wildman–Crippen MR) is 76.5 cm³/mol. The largest absolute Gasteiger partial charge is 0.399 e. The van der Waals surface area contributed by atoms with Gasteiger partial charge in [-0.1, -0.05) is 13.0 Å². The molecular formula is C16H24N2. The Balaban J connectivity index is 1.82. The van der Waals surface area contributed by atoms with Crippen molar-refractivity contribution in [3.63, 3.8) is 0 Å².